The van der Waals surface area contributed by atoms with Gasteiger partial charge in [0.1, 0.15) is 5.82 Å². The lowest BCUT2D eigenvalue weighted by molar-refractivity contribution is 0.0697. The van der Waals surface area contributed by atoms with Gasteiger partial charge >= 0.3 is 5.97 Å². The van der Waals surface area contributed by atoms with E-state index in [1.807, 2.05) is 6.07 Å². The van der Waals surface area contributed by atoms with Crippen LogP contribution in [0.15, 0.2) is 53.5 Å². The summed E-state index contributed by atoms with van der Waals surface area (Å²) in [5, 5.41) is 12.6. The third-order valence-electron chi connectivity index (χ3n) is 5.74. The number of carbonyl (C=O) groups is 1. The smallest absolute Gasteiger partial charge is 0.335 e. The molecule has 1 heterocycles. The molecule has 0 saturated carbocycles. The van der Waals surface area contributed by atoms with Gasteiger partial charge in [-0.15, -0.1) is 0 Å². The van der Waals surface area contributed by atoms with E-state index in [-0.39, 0.29) is 11.4 Å². The van der Waals surface area contributed by atoms with Crippen molar-refractivity contribution in [3.05, 3.63) is 65.5 Å². The van der Waals surface area contributed by atoms with Crippen LogP contribution < -0.4 is 5.32 Å². The Balaban J connectivity index is 1.75. The molecule has 0 aliphatic carbocycles. The lowest BCUT2D eigenvalue weighted by Crippen LogP contribution is -2.53. The maximum Gasteiger partial charge on any atom is 0.335 e. The van der Waals surface area contributed by atoms with Crippen LogP contribution in [0.3, 0.4) is 0 Å². The standard InChI is InChI=1S/C25H33FN4O2/c1-18(2)15-19(3)29-11-13-30(14-12-29)25(27-17-20-7-9-22(26)10-8-20)28-23-6-4-5-21(16-23)24(31)32/h4-10,16,18-19H,11-15,17H2,1-3H3,(H,27,28)(H,31,32)/t19-/m0/s1. The number of hydrogen-bond acceptors (Lipinski definition) is 3. The van der Waals surface area contributed by atoms with Crippen LogP contribution in [0.1, 0.15) is 43.1 Å². The molecule has 32 heavy (non-hydrogen) atoms. The molecule has 1 aliphatic heterocycles. The maximum absolute atomic E-state index is 13.2. The normalized spacial score (nSPS) is 16.3. The van der Waals surface area contributed by atoms with Crippen molar-refractivity contribution in [2.24, 2.45) is 10.9 Å². The molecular weight excluding hydrogens is 407 g/mol. The number of carboxylic acids is 1. The van der Waals surface area contributed by atoms with E-state index in [4.69, 9.17) is 4.99 Å². The number of nitrogens with one attached hydrogen (secondary N) is 1. The first-order valence-electron chi connectivity index (χ1n) is 11.2. The van der Waals surface area contributed by atoms with Gasteiger partial charge in [-0.3, -0.25) is 4.90 Å². The Morgan fingerprint density at radius 2 is 1.78 bits per heavy atom. The van der Waals surface area contributed by atoms with E-state index in [9.17, 15) is 14.3 Å². The summed E-state index contributed by atoms with van der Waals surface area (Å²) in [7, 11) is 0. The second-order valence-electron chi connectivity index (χ2n) is 8.78. The van der Waals surface area contributed by atoms with Crippen molar-refractivity contribution < 1.29 is 14.3 Å². The zero-order valence-corrected chi connectivity index (χ0v) is 19.1. The number of piperazine rings is 1. The van der Waals surface area contributed by atoms with E-state index in [1.165, 1.54) is 18.6 Å². The topological polar surface area (TPSA) is 68.2 Å². The summed E-state index contributed by atoms with van der Waals surface area (Å²) in [6.45, 7) is 10.7. The minimum atomic E-state index is -0.966. The van der Waals surface area contributed by atoms with Crippen molar-refractivity contribution in [2.75, 3.05) is 31.5 Å². The van der Waals surface area contributed by atoms with E-state index in [1.54, 1.807) is 30.3 Å². The number of carboxylic acid groups (broad SMARTS) is 1. The molecule has 172 valence electrons. The molecule has 2 N–H and O–H groups in total. The molecule has 0 radical (unpaired) electrons. The predicted octanol–water partition coefficient (Wildman–Crippen LogP) is 4.54. The first-order valence-corrected chi connectivity index (χ1v) is 11.2. The lowest BCUT2D eigenvalue weighted by atomic mass is 10.0. The zero-order chi connectivity index (χ0) is 23.1. The molecule has 0 unspecified atom stereocenters. The van der Waals surface area contributed by atoms with E-state index in [2.05, 4.69) is 35.9 Å². The molecule has 1 atom stereocenters. The minimum absolute atomic E-state index is 0.222. The van der Waals surface area contributed by atoms with Gasteiger partial charge in [-0.1, -0.05) is 32.0 Å². The molecule has 0 bridgehead atoms. The van der Waals surface area contributed by atoms with Gasteiger partial charge in [0.25, 0.3) is 0 Å². The van der Waals surface area contributed by atoms with Crippen molar-refractivity contribution in [2.45, 2.75) is 39.8 Å². The molecule has 2 aromatic carbocycles. The molecule has 7 heteroatoms. The zero-order valence-electron chi connectivity index (χ0n) is 19.1. The number of aliphatic imine (C=N–C) groups is 1. The Labute approximate surface area is 189 Å². The summed E-state index contributed by atoms with van der Waals surface area (Å²) in [5.74, 6) is 0.131. The number of anilines is 1. The molecule has 3 rings (SSSR count). The molecule has 1 aliphatic rings. The number of benzene rings is 2. The van der Waals surface area contributed by atoms with Crippen LogP contribution >= 0.6 is 0 Å². The van der Waals surface area contributed by atoms with Crippen LogP contribution in [-0.4, -0.2) is 59.1 Å². The highest BCUT2D eigenvalue weighted by atomic mass is 19.1. The van der Waals surface area contributed by atoms with Crippen LogP contribution in [0.2, 0.25) is 0 Å². The summed E-state index contributed by atoms with van der Waals surface area (Å²) >= 11 is 0. The molecule has 0 aromatic heterocycles. The molecular formula is C25H33FN4O2. The van der Waals surface area contributed by atoms with Crippen LogP contribution in [-0.2, 0) is 6.54 Å². The average molecular weight is 441 g/mol. The van der Waals surface area contributed by atoms with Gasteiger partial charge in [0.05, 0.1) is 12.1 Å². The lowest BCUT2D eigenvalue weighted by Gasteiger charge is -2.40. The summed E-state index contributed by atoms with van der Waals surface area (Å²) in [5.41, 5.74) is 1.81. The van der Waals surface area contributed by atoms with Gasteiger partial charge in [0, 0.05) is 37.9 Å². The first-order chi connectivity index (χ1) is 15.3. The van der Waals surface area contributed by atoms with E-state index in [0.717, 1.165) is 31.7 Å². The number of nitrogens with zero attached hydrogens (tertiary/aromatic N) is 3. The van der Waals surface area contributed by atoms with Gasteiger partial charge in [-0.2, -0.15) is 0 Å². The summed E-state index contributed by atoms with van der Waals surface area (Å²) in [6, 6.07) is 13.6. The SMILES string of the molecule is CC(C)C[C@H](C)N1CCN(C(=NCc2ccc(F)cc2)Nc2cccc(C(=O)O)c2)CC1. The number of aromatic carboxylic acids is 1. The third kappa shape index (κ3) is 6.79. The molecule has 1 fully saturated rings. The quantitative estimate of drug-likeness (QED) is 0.489. The highest BCUT2D eigenvalue weighted by Crippen LogP contribution is 2.16. The molecule has 0 spiro atoms. The van der Waals surface area contributed by atoms with Gasteiger partial charge in [0.2, 0.25) is 0 Å². The summed E-state index contributed by atoms with van der Waals surface area (Å²) in [6.07, 6.45) is 1.17. The Morgan fingerprint density at radius 3 is 2.41 bits per heavy atom. The fourth-order valence-corrected chi connectivity index (χ4v) is 4.04. The Bertz CT molecular complexity index is 922. The molecule has 1 saturated heterocycles. The third-order valence-corrected chi connectivity index (χ3v) is 5.74. The van der Waals surface area contributed by atoms with Crippen LogP contribution in [0, 0.1) is 11.7 Å². The van der Waals surface area contributed by atoms with E-state index >= 15 is 0 Å². The van der Waals surface area contributed by atoms with Crippen molar-refractivity contribution in [3.63, 3.8) is 0 Å². The second kappa shape index (κ2) is 11.1. The highest BCUT2D eigenvalue weighted by molar-refractivity contribution is 5.95. The number of halogens is 1. The first kappa shape index (κ1) is 23.7. The number of rotatable bonds is 7. The van der Waals surface area contributed by atoms with Crippen molar-refractivity contribution >= 4 is 17.6 Å². The summed E-state index contributed by atoms with van der Waals surface area (Å²) < 4.78 is 13.2. The van der Waals surface area contributed by atoms with Crippen molar-refractivity contribution in [1.29, 1.82) is 0 Å². The Hall–Kier alpha value is -2.93. The van der Waals surface area contributed by atoms with E-state index in [0.29, 0.717) is 30.2 Å². The van der Waals surface area contributed by atoms with Crippen LogP contribution in [0.5, 0.6) is 0 Å². The van der Waals surface area contributed by atoms with E-state index < -0.39 is 5.97 Å². The molecule has 6 nitrogen and oxygen atoms in total. The van der Waals surface area contributed by atoms with Crippen molar-refractivity contribution in [3.8, 4) is 0 Å². The fraction of sp³-hybridized carbons (Fsp3) is 0.440. The fourth-order valence-electron chi connectivity index (χ4n) is 4.04. The average Bonchev–Trinajstić information content (AvgIpc) is 2.77. The van der Waals surface area contributed by atoms with Gasteiger partial charge in [-0.05, 0) is 55.2 Å². The molecule has 2 aromatic rings. The van der Waals surface area contributed by atoms with Crippen molar-refractivity contribution in [1.82, 2.24) is 9.80 Å². The van der Waals surface area contributed by atoms with Gasteiger partial charge in [-0.25, -0.2) is 14.2 Å². The van der Waals surface area contributed by atoms with Gasteiger partial charge < -0.3 is 15.3 Å². The molecule has 0 amide bonds. The summed E-state index contributed by atoms with van der Waals surface area (Å²) in [4.78, 5) is 20.8. The van der Waals surface area contributed by atoms with Crippen LogP contribution in [0.4, 0.5) is 10.1 Å². The highest BCUT2D eigenvalue weighted by Gasteiger charge is 2.23. The monoisotopic (exact) mass is 440 g/mol. The minimum Gasteiger partial charge on any atom is -0.478 e. The maximum atomic E-state index is 13.2. The number of guanidine groups is 1. The predicted molar refractivity (Wildman–Crippen MR) is 127 cm³/mol. The second-order valence-corrected chi connectivity index (χ2v) is 8.78. The van der Waals surface area contributed by atoms with Crippen LogP contribution in [0.25, 0.3) is 0 Å². The van der Waals surface area contributed by atoms with Gasteiger partial charge in [0.15, 0.2) is 5.96 Å². The Morgan fingerprint density at radius 1 is 1.09 bits per heavy atom. The number of hydrogen-bond donors (Lipinski definition) is 2. The Kier molecular flexibility index (Phi) is 8.22. The largest absolute Gasteiger partial charge is 0.478 e.